The summed E-state index contributed by atoms with van der Waals surface area (Å²) in [5, 5.41) is 10.5. The quantitative estimate of drug-likeness (QED) is 0.923. The molecule has 2 fully saturated rings. The van der Waals surface area contributed by atoms with Crippen LogP contribution in [-0.4, -0.2) is 52.7 Å². The standard InChI is InChI=1S/C18H28N2O/c1-14(2)20-16-8-9-17(20)12-19(11-10-16)13-18(21)15-6-4-3-5-7-15/h3-7,14,16-18,21H,8-13H2,1-2H3. The lowest BCUT2D eigenvalue weighted by atomic mass is 10.1. The molecule has 0 amide bonds. The molecule has 0 spiro atoms. The van der Waals surface area contributed by atoms with E-state index in [1.807, 2.05) is 30.3 Å². The molecule has 1 aromatic rings. The molecule has 0 aromatic heterocycles. The molecule has 3 unspecified atom stereocenters. The average Bonchev–Trinajstić information content (AvgIpc) is 2.78. The molecule has 2 heterocycles. The predicted molar refractivity (Wildman–Crippen MR) is 86.2 cm³/mol. The summed E-state index contributed by atoms with van der Waals surface area (Å²) in [7, 11) is 0. The van der Waals surface area contributed by atoms with E-state index in [2.05, 4.69) is 23.6 Å². The molecule has 3 heteroatoms. The van der Waals surface area contributed by atoms with E-state index in [0.29, 0.717) is 12.1 Å². The zero-order chi connectivity index (χ0) is 14.8. The number of likely N-dealkylation sites (tertiary alicyclic amines) is 1. The minimum absolute atomic E-state index is 0.365. The van der Waals surface area contributed by atoms with Gasteiger partial charge in [0.25, 0.3) is 0 Å². The molecule has 2 saturated heterocycles. The Morgan fingerprint density at radius 2 is 1.81 bits per heavy atom. The van der Waals surface area contributed by atoms with E-state index in [1.54, 1.807) is 0 Å². The van der Waals surface area contributed by atoms with Crippen molar-refractivity contribution in [2.75, 3.05) is 19.6 Å². The van der Waals surface area contributed by atoms with Crippen molar-refractivity contribution in [3.8, 4) is 0 Å². The first-order valence-electron chi connectivity index (χ1n) is 8.38. The second-order valence-corrected chi connectivity index (χ2v) is 6.90. The molecule has 3 nitrogen and oxygen atoms in total. The van der Waals surface area contributed by atoms with E-state index in [0.717, 1.165) is 31.2 Å². The second kappa shape index (κ2) is 6.47. The van der Waals surface area contributed by atoms with E-state index in [1.165, 1.54) is 19.3 Å². The van der Waals surface area contributed by atoms with Gasteiger partial charge in [-0.2, -0.15) is 0 Å². The number of fused-ring (bicyclic) bond motifs is 2. The molecule has 0 aliphatic carbocycles. The second-order valence-electron chi connectivity index (χ2n) is 6.90. The maximum absolute atomic E-state index is 10.5. The third-order valence-electron chi connectivity index (χ3n) is 5.14. The van der Waals surface area contributed by atoms with E-state index < -0.39 is 0 Å². The molecule has 0 radical (unpaired) electrons. The predicted octanol–water partition coefficient (Wildman–Crippen LogP) is 2.67. The lowest BCUT2D eigenvalue weighted by Crippen LogP contribution is -2.43. The Labute approximate surface area is 128 Å². The Morgan fingerprint density at radius 3 is 2.52 bits per heavy atom. The van der Waals surface area contributed by atoms with Gasteiger partial charge in [-0.3, -0.25) is 9.80 Å². The van der Waals surface area contributed by atoms with Crippen LogP contribution in [0.2, 0.25) is 0 Å². The number of benzene rings is 1. The number of hydrogen-bond donors (Lipinski definition) is 1. The smallest absolute Gasteiger partial charge is 0.0916 e. The van der Waals surface area contributed by atoms with Crippen molar-refractivity contribution in [3.05, 3.63) is 35.9 Å². The molecule has 116 valence electrons. The Balaban J connectivity index is 1.63. The Bertz CT molecular complexity index is 448. The summed E-state index contributed by atoms with van der Waals surface area (Å²) in [4.78, 5) is 5.19. The zero-order valence-electron chi connectivity index (χ0n) is 13.3. The fourth-order valence-corrected chi connectivity index (χ4v) is 4.22. The first kappa shape index (κ1) is 15.0. The molecule has 1 aromatic carbocycles. The molecule has 2 aliphatic rings. The monoisotopic (exact) mass is 288 g/mol. The average molecular weight is 288 g/mol. The molecule has 0 saturated carbocycles. The summed E-state index contributed by atoms with van der Waals surface area (Å²) in [6.45, 7) is 7.63. The number of hydrogen-bond acceptors (Lipinski definition) is 3. The van der Waals surface area contributed by atoms with Crippen LogP contribution in [0.25, 0.3) is 0 Å². The first-order valence-corrected chi connectivity index (χ1v) is 8.38. The number of β-amino-alcohol motifs (C(OH)–C–C–N with tert-alkyl or cyclic N) is 1. The molecule has 3 atom stereocenters. The minimum Gasteiger partial charge on any atom is -0.387 e. The number of aliphatic hydroxyl groups is 1. The highest BCUT2D eigenvalue weighted by Gasteiger charge is 2.38. The van der Waals surface area contributed by atoms with Crippen LogP contribution in [0.1, 0.15) is 44.8 Å². The van der Waals surface area contributed by atoms with Crippen molar-refractivity contribution < 1.29 is 5.11 Å². The normalized spacial score (nSPS) is 28.8. The molecular weight excluding hydrogens is 260 g/mol. The van der Waals surface area contributed by atoms with Gasteiger partial charge < -0.3 is 5.11 Å². The lowest BCUT2D eigenvalue weighted by molar-refractivity contribution is 0.100. The van der Waals surface area contributed by atoms with Gasteiger partial charge in [-0.25, -0.2) is 0 Å². The summed E-state index contributed by atoms with van der Waals surface area (Å²) in [5.74, 6) is 0. The van der Waals surface area contributed by atoms with Gasteiger partial charge in [-0.15, -0.1) is 0 Å². The van der Waals surface area contributed by atoms with Gasteiger partial charge in [0.05, 0.1) is 6.10 Å². The van der Waals surface area contributed by atoms with Crippen LogP contribution in [0.5, 0.6) is 0 Å². The fourth-order valence-electron chi connectivity index (χ4n) is 4.22. The summed E-state index contributed by atoms with van der Waals surface area (Å²) < 4.78 is 0. The van der Waals surface area contributed by atoms with Crippen LogP contribution in [0.15, 0.2) is 30.3 Å². The van der Waals surface area contributed by atoms with Crippen molar-refractivity contribution in [1.29, 1.82) is 0 Å². The number of rotatable bonds is 4. The Kier molecular flexibility index (Phi) is 4.63. The fraction of sp³-hybridized carbons (Fsp3) is 0.667. The maximum atomic E-state index is 10.5. The zero-order valence-corrected chi connectivity index (χ0v) is 13.3. The highest BCUT2D eigenvalue weighted by atomic mass is 16.3. The van der Waals surface area contributed by atoms with E-state index in [9.17, 15) is 5.11 Å². The van der Waals surface area contributed by atoms with Crippen LogP contribution in [-0.2, 0) is 0 Å². The van der Waals surface area contributed by atoms with Crippen molar-refractivity contribution in [1.82, 2.24) is 9.80 Å². The number of nitrogens with zero attached hydrogens (tertiary/aromatic N) is 2. The largest absolute Gasteiger partial charge is 0.387 e. The van der Waals surface area contributed by atoms with Crippen LogP contribution in [0.4, 0.5) is 0 Å². The van der Waals surface area contributed by atoms with E-state index in [-0.39, 0.29) is 6.10 Å². The highest BCUT2D eigenvalue weighted by Crippen LogP contribution is 2.32. The third kappa shape index (κ3) is 3.31. The SMILES string of the molecule is CC(C)N1C2CCC1CN(CC(O)c1ccccc1)CC2. The molecule has 21 heavy (non-hydrogen) atoms. The minimum atomic E-state index is -0.365. The van der Waals surface area contributed by atoms with Crippen LogP contribution in [0.3, 0.4) is 0 Å². The first-order chi connectivity index (χ1) is 10.1. The van der Waals surface area contributed by atoms with Crippen molar-refractivity contribution in [2.24, 2.45) is 0 Å². The Hall–Kier alpha value is -0.900. The summed E-state index contributed by atoms with van der Waals surface area (Å²) >= 11 is 0. The van der Waals surface area contributed by atoms with Gasteiger partial charge in [0.1, 0.15) is 0 Å². The molecule has 2 aliphatic heterocycles. The summed E-state index contributed by atoms with van der Waals surface area (Å²) in [5.41, 5.74) is 1.03. The summed E-state index contributed by atoms with van der Waals surface area (Å²) in [6.07, 6.45) is 3.56. The molecule has 1 N–H and O–H groups in total. The lowest BCUT2D eigenvalue weighted by Gasteiger charge is -2.32. The van der Waals surface area contributed by atoms with Crippen molar-refractivity contribution in [3.63, 3.8) is 0 Å². The Morgan fingerprint density at radius 1 is 1.10 bits per heavy atom. The van der Waals surface area contributed by atoms with Gasteiger partial charge in [-0.1, -0.05) is 30.3 Å². The van der Waals surface area contributed by atoms with Gasteiger partial charge >= 0.3 is 0 Å². The molecule has 3 rings (SSSR count). The van der Waals surface area contributed by atoms with Crippen LogP contribution < -0.4 is 0 Å². The van der Waals surface area contributed by atoms with E-state index >= 15 is 0 Å². The van der Waals surface area contributed by atoms with Crippen molar-refractivity contribution in [2.45, 2.75) is 57.3 Å². The van der Waals surface area contributed by atoms with Crippen LogP contribution >= 0.6 is 0 Å². The number of aliphatic hydroxyl groups excluding tert-OH is 1. The van der Waals surface area contributed by atoms with Gasteiger partial charge in [0.15, 0.2) is 0 Å². The molecular formula is C18H28N2O. The van der Waals surface area contributed by atoms with Crippen molar-refractivity contribution >= 4 is 0 Å². The van der Waals surface area contributed by atoms with Gasteiger partial charge in [0, 0.05) is 31.2 Å². The highest BCUT2D eigenvalue weighted by molar-refractivity contribution is 5.17. The van der Waals surface area contributed by atoms with Gasteiger partial charge in [-0.05, 0) is 45.2 Å². The molecule has 2 bridgehead atoms. The summed E-state index contributed by atoms with van der Waals surface area (Å²) in [6, 6.07) is 12.1. The topological polar surface area (TPSA) is 26.7 Å². The van der Waals surface area contributed by atoms with E-state index in [4.69, 9.17) is 0 Å². The maximum Gasteiger partial charge on any atom is 0.0916 e. The van der Waals surface area contributed by atoms with Crippen LogP contribution in [0, 0.1) is 0 Å². The third-order valence-corrected chi connectivity index (χ3v) is 5.14. The van der Waals surface area contributed by atoms with Gasteiger partial charge in [0.2, 0.25) is 0 Å².